The molecule has 0 aliphatic carbocycles. The summed E-state index contributed by atoms with van der Waals surface area (Å²) in [7, 11) is 1.72. The zero-order valence-corrected chi connectivity index (χ0v) is 20.9. The summed E-state index contributed by atoms with van der Waals surface area (Å²) in [5.41, 5.74) is 2.44. The molecule has 1 aromatic carbocycles. The van der Waals surface area contributed by atoms with Crippen molar-refractivity contribution in [3.63, 3.8) is 0 Å². The Labute approximate surface area is 202 Å². The first-order chi connectivity index (χ1) is 14.7. The van der Waals surface area contributed by atoms with Crippen molar-refractivity contribution >= 4 is 29.9 Å². The van der Waals surface area contributed by atoms with Crippen LogP contribution in [0.25, 0.3) is 0 Å². The van der Waals surface area contributed by atoms with Crippen LogP contribution in [-0.2, 0) is 17.6 Å². The highest BCUT2D eigenvalue weighted by molar-refractivity contribution is 14.0. The van der Waals surface area contributed by atoms with Crippen LogP contribution in [0.2, 0.25) is 0 Å². The maximum atomic E-state index is 5.50. The molecule has 0 amide bonds. The Morgan fingerprint density at radius 2 is 1.90 bits per heavy atom. The Morgan fingerprint density at radius 1 is 1.13 bits per heavy atom. The number of benzene rings is 1. The molecule has 0 radical (unpaired) electrons. The molecule has 0 saturated carbocycles. The molecular weight excluding hydrogens is 507 g/mol. The molecule has 0 unspecified atom stereocenters. The fourth-order valence-electron chi connectivity index (χ4n) is 3.48. The van der Waals surface area contributed by atoms with Crippen molar-refractivity contribution in [2.75, 3.05) is 59.6 Å². The standard InChI is InChI=1S/C23H34N4O3.HI/c1-19-5-6-22(28-2)20(18-19)7-9-24-23(25-10-8-21-4-3-15-30-21)26-11-12-27-13-16-29-17-14-27;/h3-6,15,18H,7-14,16-17H2,1-2H3,(H2,24,25,26);1H. The highest BCUT2D eigenvalue weighted by atomic mass is 127. The molecule has 0 spiro atoms. The van der Waals surface area contributed by atoms with Gasteiger partial charge in [-0.2, -0.15) is 0 Å². The summed E-state index contributed by atoms with van der Waals surface area (Å²) in [5, 5.41) is 6.89. The lowest BCUT2D eigenvalue weighted by Crippen LogP contribution is -2.41. The largest absolute Gasteiger partial charge is 0.496 e. The predicted molar refractivity (Wildman–Crippen MR) is 135 cm³/mol. The highest BCUT2D eigenvalue weighted by Gasteiger charge is 2.10. The van der Waals surface area contributed by atoms with Crippen molar-refractivity contribution in [3.05, 3.63) is 53.5 Å². The zero-order valence-electron chi connectivity index (χ0n) is 18.6. The number of hydrogen-bond acceptors (Lipinski definition) is 5. The third-order valence-electron chi connectivity index (χ3n) is 5.16. The number of rotatable bonds is 10. The van der Waals surface area contributed by atoms with Crippen molar-refractivity contribution in [2.45, 2.75) is 19.8 Å². The summed E-state index contributed by atoms with van der Waals surface area (Å²) in [4.78, 5) is 7.17. The van der Waals surface area contributed by atoms with Gasteiger partial charge < -0.3 is 24.5 Å². The average molecular weight is 542 g/mol. The zero-order chi connectivity index (χ0) is 21.0. The number of aryl methyl sites for hydroxylation is 1. The first-order valence-electron chi connectivity index (χ1n) is 10.7. The van der Waals surface area contributed by atoms with E-state index >= 15 is 0 Å². The van der Waals surface area contributed by atoms with Gasteiger partial charge >= 0.3 is 0 Å². The molecule has 2 aromatic rings. The first kappa shape index (κ1) is 25.5. The Balaban J connectivity index is 0.00000341. The molecule has 0 bridgehead atoms. The van der Waals surface area contributed by atoms with E-state index in [1.807, 2.05) is 18.2 Å². The molecule has 1 fully saturated rings. The second-order valence-electron chi connectivity index (χ2n) is 7.43. The number of furan rings is 1. The molecule has 31 heavy (non-hydrogen) atoms. The van der Waals surface area contributed by atoms with Gasteiger partial charge in [-0.15, -0.1) is 24.0 Å². The topological polar surface area (TPSA) is 71.3 Å². The van der Waals surface area contributed by atoms with Gasteiger partial charge in [-0.25, -0.2) is 0 Å². The van der Waals surface area contributed by atoms with Crippen LogP contribution in [0.15, 0.2) is 46.0 Å². The van der Waals surface area contributed by atoms with E-state index < -0.39 is 0 Å². The summed E-state index contributed by atoms with van der Waals surface area (Å²) in [6.45, 7) is 8.95. The van der Waals surface area contributed by atoms with Crippen LogP contribution in [0.4, 0.5) is 0 Å². The van der Waals surface area contributed by atoms with Crippen molar-refractivity contribution in [1.29, 1.82) is 0 Å². The monoisotopic (exact) mass is 542 g/mol. The molecule has 7 nitrogen and oxygen atoms in total. The number of morpholine rings is 1. The average Bonchev–Trinajstić information content (AvgIpc) is 3.28. The van der Waals surface area contributed by atoms with E-state index in [0.717, 1.165) is 82.8 Å². The van der Waals surface area contributed by atoms with Crippen LogP contribution in [0, 0.1) is 6.92 Å². The molecule has 1 aromatic heterocycles. The van der Waals surface area contributed by atoms with Gasteiger partial charge in [0.2, 0.25) is 0 Å². The minimum atomic E-state index is 0. The van der Waals surface area contributed by atoms with E-state index in [9.17, 15) is 0 Å². The number of halogens is 1. The van der Waals surface area contributed by atoms with Crippen LogP contribution in [0.3, 0.4) is 0 Å². The van der Waals surface area contributed by atoms with Gasteiger partial charge in [-0.3, -0.25) is 9.89 Å². The Kier molecular flexibility index (Phi) is 11.8. The predicted octanol–water partition coefficient (Wildman–Crippen LogP) is 2.87. The second kappa shape index (κ2) is 14.3. The maximum absolute atomic E-state index is 5.50. The molecular formula is C23H35IN4O3. The van der Waals surface area contributed by atoms with Crippen molar-refractivity contribution in [2.24, 2.45) is 4.99 Å². The molecule has 1 aliphatic rings. The minimum Gasteiger partial charge on any atom is -0.496 e. The third kappa shape index (κ3) is 9.08. The number of guanidine groups is 1. The highest BCUT2D eigenvalue weighted by Crippen LogP contribution is 2.19. The van der Waals surface area contributed by atoms with E-state index in [1.54, 1.807) is 13.4 Å². The quantitative estimate of drug-likeness (QED) is 0.274. The Morgan fingerprint density at radius 3 is 2.61 bits per heavy atom. The fraction of sp³-hybridized carbons (Fsp3) is 0.522. The van der Waals surface area contributed by atoms with E-state index in [2.05, 4.69) is 34.6 Å². The van der Waals surface area contributed by atoms with Crippen LogP contribution < -0.4 is 15.4 Å². The van der Waals surface area contributed by atoms with Crippen LogP contribution in [-0.4, -0.2) is 70.5 Å². The lowest BCUT2D eigenvalue weighted by molar-refractivity contribution is 0.0394. The number of aliphatic imine (C=N–C) groups is 1. The van der Waals surface area contributed by atoms with Gasteiger partial charge in [0.1, 0.15) is 11.5 Å². The van der Waals surface area contributed by atoms with Crippen LogP contribution in [0.1, 0.15) is 16.9 Å². The molecule has 2 N–H and O–H groups in total. The van der Waals surface area contributed by atoms with Crippen LogP contribution in [0.5, 0.6) is 5.75 Å². The Hall–Kier alpha value is -1.78. The second-order valence-corrected chi connectivity index (χ2v) is 7.43. The molecule has 3 rings (SSSR count). The van der Waals surface area contributed by atoms with Gasteiger partial charge in [0.25, 0.3) is 0 Å². The number of hydrogen-bond donors (Lipinski definition) is 2. The minimum absolute atomic E-state index is 0. The molecule has 8 heteroatoms. The van der Waals surface area contributed by atoms with Gasteiger partial charge in [0.05, 0.1) is 33.1 Å². The van der Waals surface area contributed by atoms with E-state index in [4.69, 9.17) is 18.9 Å². The molecule has 1 saturated heterocycles. The normalized spacial score (nSPS) is 14.7. The summed E-state index contributed by atoms with van der Waals surface area (Å²) < 4.78 is 16.3. The summed E-state index contributed by atoms with van der Waals surface area (Å²) in [6, 6.07) is 10.2. The Bertz CT molecular complexity index is 777. The van der Waals surface area contributed by atoms with Gasteiger partial charge in [-0.1, -0.05) is 17.7 Å². The van der Waals surface area contributed by atoms with Crippen molar-refractivity contribution in [1.82, 2.24) is 15.5 Å². The lowest BCUT2D eigenvalue weighted by Gasteiger charge is -2.25. The lowest BCUT2D eigenvalue weighted by atomic mass is 10.1. The first-order valence-corrected chi connectivity index (χ1v) is 10.7. The molecule has 2 heterocycles. The van der Waals surface area contributed by atoms with Crippen molar-refractivity contribution < 1.29 is 13.9 Å². The summed E-state index contributed by atoms with van der Waals surface area (Å²) in [5.74, 6) is 2.74. The van der Waals surface area contributed by atoms with Gasteiger partial charge in [0.15, 0.2) is 5.96 Å². The van der Waals surface area contributed by atoms with E-state index in [1.165, 1.54) is 11.1 Å². The molecule has 0 atom stereocenters. The van der Waals surface area contributed by atoms with Gasteiger partial charge in [-0.05, 0) is 37.1 Å². The van der Waals surface area contributed by atoms with Crippen molar-refractivity contribution in [3.8, 4) is 5.75 Å². The fourth-order valence-corrected chi connectivity index (χ4v) is 3.48. The number of nitrogens with one attached hydrogen (secondary N) is 2. The summed E-state index contributed by atoms with van der Waals surface area (Å²) in [6.07, 6.45) is 3.40. The summed E-state index contributed by atoms with van der Waals surface area (Å²) >= 11 is 0. The van der Waals surface area contributed by atoms with Crippen LogP contribution >= 0.6 is 24.0 Å². The number of nitrogens with zero attached hydrogens (tertiary/aromatic N) is 2. The smallest absolute Gasteiger partial charge is 0.191 e. The van der Waals surface area contributed by atoms with Gasteiger partial charge in [0, 0.05) is 39.1 Å². The molecule has 1 aliphatic heterocycles. The van der Waals surface area contributed by atoms with E-state index in [0.29, 0.717) is 0 Å². The maximum Gasteiger partial charge on any atom is 0.191 e. The van der Waals surface area contributed by atoms with E-state index in [-0.39, 0.29) is 24.0 Å². The molecule has 172 valence electrons. The number of methoxy groups -OCH3 is 1. The SMILES string of the molecule is COc1ccc(C)cc1CCNC(=NCCN1CCOCC1)NCCc1ccco1.I. The third-order valence-corrected chi connectivity index (χ3v) is 5.16. The number of ether oxygens (including phenoxy) is 2.